The van der Waals surface area contributed by atoms with E-state index in [0.29, 0.717) is 5.69 Å². The van der Waals surface area contributed by atoms with Crippen molar-refractivity contribution in [3.8, 4) is 0 Å². The highest BCUT2D eigenvalue weighted by Crippen LogP contribution is 2.22. The Kier molecular flexibility index (Phi) is 7.21. The maximum Gasteiger partial charge on any atom is 0.251 e. The second-order valence-corrected chi connectivity index (χ2v) is 8.99. The van der Waals surface area contributed by atoms with Gasteiger partial charge in [0.25, 0.3) is 5.91 Å². The lowest BCUT2D eigenvalue weighted by Gasteiger charge is -2.12. The summed E-state index contributed by atoms with van der Waals surface area (Å²) >= 11 is 5.90. The molecule has 0 fully saturated rings. The molecule has 0 bridgehead atoms. The van der Waals surface area contributed by atoms with E-state index in [2.05, 4.69) is 10.6 Å². The van der Waals surface area contributed by atoms with E-state index in [1.807, 2.05) is 19.9 Å². The van der Waals surface area contributed by atoms with E-state index >= 15 is 0 Å². The van der Waals surface area contributed by atoms with Crippen LogP contribution in [0.2, 0.25) is 5.02 Å². The lowest BCUT2D eigenvalue weighted by atomic mass is 10.1. The van der Waals surface area contributed by atoms with Crippen LogP contribution in [0.5, 0.6) is 0 Å². The normalized spacial score (nSPS) is 12.3. The molecule has 0 aromatic heterocycles. The lowest BCUT2D eigenvalue weighted by molar-refractivity contribution is -0.119. The Morgan fingerprint density at radius 3 is 2.50 bits per heavy atom. The number of anilines is 1. The number of hydrogen-bond acceptors (Lipinski definition) is 4. The zero-order valence-electron chi connectivity index (χ0n) is 16.0. The van der Waals surface area contributed by atoms with Gasteiger partial charge in [-0.05, 0) is 42.3 Å². The van der Waals surface area contributed by atoms with Crippen LogP contribution in [0.25, 0.3) is 0 Å². The van der Waals surface area contributed by atoms with Crippen LogP contribution in [0.3, 0.4) is 0 Å². The van der Waals surface area contributed by atoms with Crippen molar-refractivity contribution in [3.05, 3.63) is 58.6 Å². The van der Waals surface area contributed by atoms with E-state index < -0.39 is 15.7 Å². The summed E-state index contributed by atoms with van der Waals surface area (Å²) in [7, 11) is -3.54. The lowest BCUT2D eigenvalue weighted by Crippen LogP contribution is -2.23. The monoisotopic (exact) mass is 422 g/mol. The van der Waals surface area contributed by atoms with Gasteiger partial charge in [0.15, 0.2) is 9.84 Å². The summed E-state index contributed by atoms with van der Waals surface area (Å²) in [5.74, 6) is -0.564. The molecule has 6 nitrogen and oxygen atoms in total. The summed E-state index contributed by atoms with van der Waals surface area (Å²) in [5, 5.41) is 5.66. The Morgan fingerprint density at radius 1 is 1.14 bits per heavy atom. The third-order valence-electron chi connectivity index (χ3n) is 4.30. The number of carbonyl (C=O) groups excluding carboxylic acids is 2. The second kappa shape index (κ2) is 9.21. The molecule has 0 saturated carbocycles. The summed E-state index contributed by atoms with van der Waals surface area (Å²) in [5.41, 5.74) is 1.65. The number of carbonyl (C=O) groups is 2. The quantitative estimate of drug-likeness (QED) is 0.712. The highest BCUT2D eigenvalue weighted by Gasteiger charge is 2.16. The van der Waals surface area contributed by atoms with Gasteiger partial charge in [0.1, 0.15) is 0 Å². The molecule has 1 atom stereocenters. The number of benzene rings is 2. The zero-order chi connectivity index (χ0) is 20.9. The molecule has 150 valence electrons. The van der Waals surface area contributed by atoms with Gasteiger partial charge >= 0.3 is 0 Å². The number of rotatable bonds is 7. The highest BCUT2D eigenvalue weighted by molar-refractivity contribution is 7.90. The third-order valence-corrected chi connectivity index (χ3v) is 5.88. The predicted molar refractivity (Wildman–Crippen MR) is 110 cm³/mol. The van der Waals surface area contributed by atoms with Gasteiger partial charge in [0.2, 0.25) is 5.91 Å². The molecule has 2 aromatic carbocycles. The number of hydrogen-bond donors (Lipinski definition) is 2. The average Bonchev–Trinajstić information content (AvgIpc) is 2.65. The molecule has 0 spiro atoms. The molecule has 0 aliphatic rings. The SMILES string of the molecule is CCC(C)C(=O)Nc1cccc(CNC(=O)c2ccc(Cl)c(S(C)(=O)=O)c2)c1. The summed E-state index contributed by atoms with van der Waals surface area (Å²) in [6.45, 7) is 4.03. The van der Waals surface area contributed by atoms with E-state index in [1.165, 1.54) is 18.2 Å². The highest BCUT2D eigenvalue weighted by atomic mass is 35.5. The molecule has 0 aliphatic heterocycles. The summed E-state index contributed by atoms with van der Waals surface area (Å²) < 4.78 is 23.5. The molecule has 2 amide bonds. The summed E-state index contributed by atoms with van der Waals surface area (Å²) in [4.78, 5) is 24.3. The van der Waals surface area contributed by atoms with Gasteiger partial charge in [0, 0.05) is 30.0 Å². The predicted octanol–water partition coefficient (Wildman–Crippen LogP) is 3.66. The van der Waals surface area contributed by atoms with Crippen LogP contribution in [-0.4, -0.2) is 26.5 Å². The summed E-state index contributed by atoms with van der Waals surface area (Å²) in [6.07, 6.45) is 1.78. The maximum atomic E-state index is 12.4. The van der Waals surface area contributed by atoms with Gasteiger partial charge in [-0.2, -0.15) is 0 Å². The topological polar surface area (TPSA) is 92.3 Å². The smallest absolute Gasteiger partial charge is 0.251 e. The number of amides is 2. The van der Waals surface area contributed by atoms with Crippen LogP contribution in [0.4, 0.5) is 5.69 Å². The minimum absolute atomic E-state index is 0.0573. The van der Waals surface area contributed by atoms with Crippen LogP contribution in [-0.2, 0) is 21.2 Å². The Hall–Kier alpha value is -2.38. The van der Waals surface area contributed by atoms with E-state index in [1.54, 1.807) is 18.2 Å². The molecule has 0 aliphatic carbocycles. The minimum atomic E-state index is -3.54. The van der Waals surface area contributed by atoms with Gasteiger partial charge in [-0.15, -0.1) is 0 Å². The second-order valence-electron chi connectivity index (χ2n) is 6.60. The number of halogens is 1. The maximum absolute atomic E-state index is 12.4. The van der Waals surface area contributed by atoms with Crippen LogP contribution >= 0.6 is 11.6 Å². The minimum Gasteiger partial charge on any atom is -0.348 e. The fraction of sp³-hybridized carbons (Fsp3) is 0.300. The Labute approximate surface area is 170 Å². The number of nitrogens with one attached hydrogen (secondary N) is 2. The molecular weight excluding hydrogens is 400 g/mol. The fourth-order valence-electron chi connectivity index (χ4n) is 2.42. The van der Waals surface area contributed by atoms with Gasteiger partial charge < -0.3 is 10.6 Å². The molecule has 8 heteroatoms. The summed E-state index contributed by atoms with van der Waals surface area (Å²) in [6, 6.07) is 11.3. The van der Waals surface area contributed by atoms with E-state index in [-0.39, 0.29) is 33.9 Å². The number of sulfone groups is 1. The Morgan fingerprint density at radius 2 is 1.86 bits per heavy atom. The first-order valence-corrected chi connectivity index (χ1v) is 11.1. The van der Waals surface area contributed by atoms with Gasteiger partial charge in [0.05, 0.1) is 9.92 Å². The first kappa shape index (κ1) is 21.9. The van der Waals surface area contributed by atoms with Gasteiger partial charge in [-0.3, -0.25) is 9.59 Å². The van der Waals surface area contributed by atoms with Crippen LogP contribution in [0.15, 0.2) is 47.4 Å². The zero-order valence-corrected chi connectivity index (χ0v) is 17.5. The van der Waals surface area contributed by atoms with Gasteiger partial charge in [-0.1, -0.05) is 37.6 Å². The first-order chi connectivity index (χ1) is 13.1. The Bertz CT molecular complexity index is 989. The van der Waals surface area contributed by atoms with Gasteiger partial charge in [-0.25, -0.2) is 8.42 Å². The molecule has 2 N–H and O–H groups in total. The van der Waals surface area contributed by atoms with Crippen molar-refractivity contribution in [3.63, 3.8) is 0 Å². The molecule has 0 radical (unpaired) electrons. The molecule has 1 unspecified atom stereocenters. The first-order valence-electron chi connectivity index (χ1n) is 8.79. The van der Waals surface area contributed by atoms with E-state index in [4.69, 9.17) is 11.6 Å². The van der Waals surface area contributed by atoms with E-state index in [0.717, 1.165) is 18.2 Å². The standard InChI is InChI=1S/C20H23ClN2O4S/c1-4-13(2)19(24)23-16-7-5-6-14(10-16)12-22-20(25)15-8-9-17(21)18(11-15)28(3,26)27/h5-11,13H,4,12H2,1-3H3,(H,22,25)(H,23,24). The van der Waals surface area contributed by atoms with Crippen molar-refractivity contribution >= 4 is 38.9 Å². The van der Waals surface area contributed by atoms with Crippen LogP contribution < -0.4 is 10.6 Å². The van der Waals surface area contributed by atoms with Crippen molar-refractivity contribution in [1.82, 2.24) is 5.32 Å². The molecule has 28 heavy (non-hydrogen) atoms. The molecule has 0 heterocycles. The van der Waals surface area contributed by atoms with Crippen LogP contribution in [0, 0.1) is 5.92 Å². The largest absolute Gasteiger partial charge is 0.348 e. The molecule has 0 saturated heterocycles. The average molecular weight is 423 g/mol. The Balaban J connectivity index is 2.07. The van der Waals surface area contributed by atoms with Crippen molar-refractivity contribution in [2.75, 3.05) is 11.6 Å². The van der Waals surface area contributed by atoms with Crippen LogP contribution in [0.1, 0.15) is 36.2 Å². The fourth-order valence-corrected chi connectivity index (χ4v) is 3.72. The van der Waals surface area contributed by atoms with Crippen molar-refractivity contribution in [1.29, 1.82) is 0 Å². The third kappa shape index (κ3) is 5.81. The van der Waals surface area contributed by atoms with Crippen molar-refractivity contribution in [2.45, 2.75) is 31.7 Å². The van der Waals surface area contributed by atoms with E-state index in [9.17, 15) is 18.0 Å². The van der Waals surface area contributed by atoms with Crippen molar-refractivity contribution in [2.24, 2.45) is 5.92 Å². The molecule has 2 rings (SSSR count). The van der Waals surface area contributed by atoms with Crippen molar-refractivity contribution < 1.29 is 18.0 Å². The molecule has 2 aromatic rings. The molecular formula is C20H23ClN2O4S.